The summed E-state index contributed by atoms with van der Waals surface area (Å²) in [5.74, 6) is -0.104. The highest BCUT2D eigenvalue weighted by molar-refractivity contribution is 6.09. The number of methoxy groups -OCH3 is 1. The highest BCUT2D eigenvalue weighted by Crippen LogP contribution is 2.14. The number of ether oxygens (including phenoxy) is 2. The molecule has 0 aliphatic heterocycles. The Kier molecular flexibility index (Phi) is 10.0. The molecule has 3 N–H and O–H groups in total. The normalized spacial score (nSPS) is 11.0. The number of allylic oxidation sites excluding steroid dienone is 1. The first-order chi connectivity index (χ1) is 13.0. The van der Waals surface area contributed by atoms with Crippen LogP contribution in [0.4, 0.5) is 10.5 Å². The lowest BCUT2D eigenvalue weighted by Gasteiger charge is -2.12. The fraction of sp³-hybridized carbons (Fsp3) is 0.421. The number of hydrogen-bond donors (Lipinski definition) is 3. The third-order valence-corrected chi connectivity index (χ3v) is 3.58. The van der Waals surface area contributed by atoms with Gasteiger partial charge in [0.15, 0.2) is 0 Å². The number of benzene rings is 1. The second-order valence-corrected chi connectivity index (χ2v) is 5.43. The summed E-state index contributed by atoms with van der Waals surface area (Å²) >= 11 is 0. The second kappa shape index (κ2) is 12.3. The molecular weight excluding hydrogens is 348 g/mol. The second-order valence-electron chi connectivity index (χ2n) is 5.43. The molecule has 1 aromatic carbocycles. The number of nitriles is 1. The van der Waals surface area contributed by atoms with Crippen molar-refractivity contribution < 1.29 is 19.1 Å². The minimum Gasteiger partial charge on any atom is -0.497 e. The van der Waals surface area contributed by atoms with Crippen molar-refractivity contribution >= 4 is 17.6 Å². The molecule has 8 nitrogen and oxygen atoms in total. The maximum atomic E-state index is 12.3. The van der Waals surface area contributed by atoms with Crippen LogP contribution in [0.15, 0.2) is 35.5 Å². The van der Waals surface area contributed by atoms with E-state index in [1.807, 2.05) is 19.9 Å². The van der Waals surface area contributed by atoms with E-state index >= 15 is 0 Å². The molecule has 0 aliphatic rings. The van der Waals surface area contributed by atoms with Crippen LogP contribution in [-0.2, 0) is 9.53 Å². The average molecular weight is 374 g/mol. The van der Waals surface area contributed by atoms with E-state index in [0.29, 0.717) is 43.3 Å². The van der Waals surface area contributed by atoms with Gasteiger partial charge in [0.2, 0.25) is 0 Å². The van der Waals surface area contributed by atoms with Crippen LogP contribution in [-0.4, -0.2) is 38.8 Å². The molecule has 146 valence electrons. The molecule has 0 saturated heterocycles. The van der Waals surface area contributed by atoms with Crippen LogP contribution in [0.1, 0.15) is 26.7 Å². The van der Waals surface area contributed by atoms with E-state index in [-0.39, 0.29) is 5.57 Å². The predicted octanol–water partition coefficient (Wildman–Crippen LogP) is 2.55. The number of imide groups is 1. The summed E-state index contributed by atoms with van der Waals surface area (Å²) in [5, 5.41) is 17.1. The molecule has 0 heterocycles. The van der Waals surface area contributed by atoms with Crippen molar-refractivity contribution in [2.75, 3.05) is 32.2 Å². The Labute approximate surface area is 159 Å². The van der Waals surface area contributed by atoms with Gasteiger partial charge in [-0.15, -0.1) is 0 Å². The van der Waals surface area contributed by atoms with Gasteiger partial charge in [-0.1, -0.05) is 6.92 Å². The highest BCUT2D eigenvalue weighted by atomic mass is 16.5. The van der Waals surface area contributed by atoms with Crippen molar-refractivity contribution in [2.45, 2.75) is 26.7 Å². The summed E-state index contributed by atoms with van der Waals surface area (Å²) < 4.78 is 10.3. The molecular formula is C19H26N4O4. The number of urea groups is 1. The zero-order chi connectivity index (χ0) is 20.1. The quantitative estimate of drug-likeness (QED) is 0.330. The number of nitrogens with zero attached hydrogens (tertiary/aromatic N) is 1. The lowest BCUT2D eigenvalue weighted by molar-refractivity contribution is -0.116. The molecule has 8 heteroatoms. The molecule has 0 unspecified atom stereocenters. The molecule has 0 saturated carbocycles. The SMILES string of the molecule is CCOCCCNC(CC)=C(C#N)C(=O)NC(=O)Nc1ccc(OC)cc1. The van der Waals surface area contributed by atoms with Crippen molar-refractivity contribution in [3.8, 4) is 11.8 Å². The van der Waals surface area contributed by atoms with Crippen molar-refractivity contribution in [3.63, 3.8) is 0 Å². The summed E-state index contributed by atoms with van der Waals surface area (Å²) in [6, 6.07) is 7.79. The van der Waals surface area contributed by atoms with Crippen molar-refractivity contribution in [1.82, 2.24) is 10.6 Å². The number of carbonyl (C=O) groups excluding carboxylic acids is 2. The number of carbonyl (C=O) groups is 2. The third-order valence-electron chi connectivity index (χ3n) is 3.58. The molecule has 0 aliphatic carbocycles. The molecule has 0 aromatic heterocycles. The molecule has 0 radical (unpaired) electrons. The van der Waals surface area contributed by atoms with E-state index in [0.717, 1.165) is 6.42 Å². The summed E-state index contributed by atoms with van der Waals surface area (Å²) in [6.07, 6.45) is 1.21. The number of anilines is 1. The summed E-state index contributed by atoms with van der Waals surface area (Å²) in [7, 11) is 1.54. The summed E-state index contributed by atoms with van der Waals surface area (Å²) in [4.78, 5) is 24.3. The van der Waals surface area contributed by atoms with Crippen LogP contribution < -0.4 is 20.7 Å². The third kappa shape index (κ3) is 7.79. The first kappa shape index (κ1) is 22.0. The lowest BCUT2D eigenvalue weighted by atomic mass is 10.1. The van der Waals surface area contributed by atoms with Gasteiger partial charge in [-0.2, -0.15) is 5.26 Å². The van der Waals surface area contributed by atoms with E-state index in [2.05, 4.69) is 16.0 Å². The zero-order valence-electron chi connectivity index (χ0n) is 15.9. The largest absolute Gasteiger partial charge is 0.497 e. The number of amides is 3. The van der Waals surface area contributed by atoms with Gasteiger partial charge in [0.25, 0.3) is 5.91 Å². The minimum atomic E-state index is -0.752. The molecule has 0 atom stereocenters. The smallest absolute Gasteiger partial charge is 0.326 e. The molecule has 0 fully saturated rings. The van der Waals surface area contributed by atoms with Gasteiger partial charge >= 0.3 is 6.03 Å². The minimum absolute atomic E-state index is 0.112. The van der Waals surface area contributed by atoms with Gasteiger partial charge in [0, 0.05) is 31.1 Å². The molecule has 0 spiro atoms. The molecule has 1 rings (SSSR count). The highest BCUT2D eigenvalue weighted by Gasteiger charge is 2.17. The number of hydrogen-bond acceptors (Lipinski definition) is 6. The standard InChI is InChI=1S/C19H26N4O4/c1-4-17(21-11-6-12-27-5-2)16(13-20)18(24)23-19(25)22-14-7-9-15(26-3)10-8-14/h7-10,21H,4-6,11-12H2,1-3H3,(H2,22,23,24,25). The predicted molar refractivity (Wildman–Crippen MR) is 102 cm³/mol. The van der Waals surface area contributed by atoms with Crippen molar-refractivity contribution in [2.24, 2.45) is 0 Å². The number of nitrogens with one attached hydrogen (secondary N) is 3. The Balaban J connectivity index is 2.65. The van der Waals surface area contributed by atoms with Gasteiger partial charge in [-0.3, -0.25) is 10.1 Å². The molecule has 3 amide bonds. The lowest BCUT2D eigenvalue weighted by Crippen LogP contribution is -2.36. The van der Waals surface area contributed by atoms with E-state index in [1.165, 1.54) is 0 Å². The Bertz CT molecular complexity index is 693. The molecule has 0 bridgehead atoms. The maximum Gasteiger partial charge on any atom is 0.326 e. The van der Waals surface area contributed by atoms with E-state index in [4.69, 9.17) is 9.47 Å². The van der Waals surface area contributed by atoms with Crippen LogP contribution in [0.5, 0.6) is 5.75 Å². The van der Waals surface area contributed by atoms with Gasteiger partial charge in [0.05, 0.1) is 7.11 Å². The van der Waals surface area contributed by atoms with Crippen LogP contribution in [0.25, 0.3) is 0 Å². The molecule has 27 heavy (non-hydrogen) atoms. The van der Waals surface area contributed by atoms with E-state index in [1.54, 1.807) is 31.4 Å². The first-order valence-corrected chi connectivity index (χ1v) is 8.76. The summed E-state index contributed by atoms with van der Waals surface area (Å²) in [5.41, 5.74) is 0.871. The fourth-order valence-corrected chi connectivity index (χ4v) is 2.21. The fourth-order valence-electron chi connectivity index (χ4n) is 2.21. The van der Waals surface area contributed by atoms with Gasteiger partial charge in [-0.05, 0) is 44.0 Å². The Morgan fingerprint density at radius 2 is 1.89 bits per heavy atom. The Morgan fingerprint density at radius 3 is 2.44 bits per heavy atom. The van der Waals surface area contributed by atoms with Crippen molar-refractivity contribution in [1.29, 1.82) is 5.26 Å². The molecule has 1 aromatic rings. The van der Waals surface area contributed by atoms with Crippen molar-refractivity contribution in [3.05, 3.63) is 35.5 Å². The summed E-state index contributed by atoms with van der Waals surface area (Å²) in [6.45, 7) is 5.55. The van der Waals surface area contributed by atoms with Crippen LogP contribution in [0.2, 0.25) is 0 Å². The van der Waals surface area contributed by atoms with Crippen LogP contribution in [0.3, 0.4) is 0 Å². The first-order valence-electron chi connectivity index (χ1n) is 8.76. The van der Waals surface area contributed by atoms with E-state index < -0.39 is 11.9 Å². The van der Waals surface area contributed by atoms with Crippen LogP contribution >= 0.6 is 0 Å². The monoisotopic (exact) mass is 374 g/mol. The van der Waals surface area contributed by atoms with Gasteiger partial charge in [0.1, 0.15) is 17.4 Å². The topological polar surface area (TPSA) is 112 Å². The van der Waals surface area contributed by atoms with Gasteiger partial charge < -0.3 is 20.1 Å². The Morgan fingerprint density at radius 1 is 1.19 bits per heavy atom. The zero-order valence-corrected chi connectivity index (χ0v) is 15.9. The number of rotatable bonds is 10. The maximum absolute atomic E-state index is 12.3. The van der Waals surface area contributed by atoms with E-state index in [9.17, 15) is 14.9 Å². The average Bonchev–Trinajstić information content (AvgIpc) is 2.67. The Hall–Kier alpha value is -3.05. The van der Waals surface area contributed by atoms with Gasteiger partial charge in [-0.25, -0.2) is 4.79 Å². The van der Waals surface area contributed by atoms with Crippen LogP contribution in [0, 0.1) is 11.3 Å².